The lowest BCUT2D eigenvalue weighted by molar-refractivity contribution is -0.171. The first kappa shape index (κ1) is 29.9. The van der Waals surface area contributed by atoms with Crippen LogP contribution in [0, 0.1) is 0 Å². The third-order valence-electron chi connectivity index (χ3n) is 6.48. The molecule has 0 aliphatic heterocycles. The van der Waals surface area contributed by atoms with Gasteiger partial charge in [0.2, 0.25) is 0 Å². The highest BCUT2D eigenvalue weighted by molar-refractivity contribution is 5.81. The summed E-state index contributed by atoms with van der Waals surface area (Å²) in [5.41, 5.74) is 1.71. The van der Waals surface area contributed by atoms with Crippen molar-refractivity contribution in [3.8, 4) is 0 Å². The predicted octanol–water partition coefficient (Wildman–Crippen LogP) is 5.65. The normalized spacial score (nSPS) is 12.4. The van der Waals surface area contributed by atoms with E-state index in [2.05, 4.69) is 47.0 Å². The van der Waals surface area contributed by atoms with Gasteiger partial charge >= 0.3 is 6.09 Å². The van der Waals surface area contributed by atoms with E-state index in [1.54, 1.807) is 7.05 Å². The molecule has 3 aromatic rings. The molecule has 0 bridgehead atoms. The van der Waals surface area contributed by atoms with Crippen molar-refractivity contribution in [2.45, 2.75) is 57.2 Å². The second-order valence-electron chi connectivity index (χ2n) is 10.5. The number of ether oxygens (including phenoxy) is 1. The Bertz CT molecular complexity index is 1070. The number of amides is 2. The smallest absolute Gasteiger partial charge is 0.407 e. The van der Waals surface area contributed by atoms with Crippen LogP contribution < -0.4 is 10.6 Å². The van der Waals surface area contributed by atoms with Crippen LogP contribution in [0.25, 0.3) is 0 Å². The lowest BCUT2D eigenvalue weighted by Gasteiger charge is -2.40. The van der Waals surface area contributed by atoms with Gasteiger partial charge < -0.3 is 10.1 Å². The molecular formula is C32H41N3O4. The fraction of sp³-hybridized carbons (Fsp3) is 0.375. The number of nitrogens with one attached hydrogen (secondary N) is 2. The van der Waals surface area contributed by atoms with Gasteiger partial charge in [-0.3, -0.25) is 14.9 Å². The van der Waals surface area contributed by atoms with Crippen molar-refractivity contribution in [2.75, 3.05) is 20.7 Å². The van der Waals surface area contributed by atoms with Gasteiger partial charge in [0.1, 0.15) is 5.60 Å². The molecule has 0 saturated heterocycles. The SMILES string of the molecule is CON(C)C(=O)[C@H](CCCCNC(=O)OC(C)(C)C)NC(c1ccccc1)(c1ccccc1)c1ccccc1. The standard InChI is InChI=1S/C32H41N3O4/c1-31(2,3)39-30(37)33-24-16-15-23-28(29(36)35(4)38-5)34-32(25-17-9-6-10-18-25,26-19-11-7-12-20-26)27-21-13-8-14-22-27/h6-14,17-22,28,34H,15-16,23-24H2,1-5H3,(H,33,37)/t28-/m0/s1. The summed E-state index contributed by atoms with van der Waals surface area (Å²) in [7, 11) is 3.11. The zero-order valence-corrected chi connectivity index (χ0v) is 23.6. The summed E-state index contributed by atoms with van der Waals surface area (Å²) < 4.78 is 5.32. The van der Waals surface area contributed by atoms with Gasteiger partial charge in [-0.1, -0.05) is 91.0 Å². The minimum absolute atomic E-state index is 0.176. The van der Waals surface area contributed by atoms with Crippen molar-refractivity contribution >= 4 is 12.0 Å². The largest absolute Gasteiger partial charge is 0.444 e. The van der Waals surface area contributed by atoms with Gasteiger partial charge in [0.05, 0.1) is 18.7 Å². The molecule has 3 rings (SSSR count). The number of alkyl carbamates (subject to hydrolysis) is 1. The summed E-state index contributed by atoms with van der Waals surface area (Å²) in [5.74, 6) is -0.176. The van der Waals surface area contributed by atoms with Crippen molar-refractivity contribution in [3.63, 3.8) is 0 Å². The second-order valence-corrected chi connectivity index (χ2v) is 10.5. The topological polar surface area (TPSA) is 79.9 Å². The van der Waals surface area contributed by atoms with E-state index in [0.717, 1.165) is 16.7 Å². The van der Waals surface area contributed by atoms with Crippen LogP contribution in [-0.2, 0) is 19.9 Å². The molecule has 0 aliphatic rings. The van der Waals surface area contributed by atoms with Crippen LogP contribution in [0.4, 0.5) is 4.79 Å². The number of hydrogen-bond donors (Lipinski definition) is 2. The highest BCUT2D eigenvalue weighted by atomic mass is 16.7. The van der Waals surface area contributed by atoms with Gasteiger partial charge in [0.15, 0.2) is 0 Å². The number of rotatable bonds is 12. The van der Waals surface area contributed by atoms with Crippen LogP contribution in [0.15, 0.2) is 91.0 Å². The van der Waals surface area contributed by atoms with Gasteiger partial charge in [0, 0.05) is 13.6 Å². The molecular weight excluding hydrogens is 490 g/mol. The third kappa shape index (κ3) is 8.15. The van der Waals surface area contributed by atoms with E-state index in [9.17, 15) is 9.59 Å². The molecule has 0 aliphatic carbocycles. The zero-order chi connectivity index (χ0) is 28.3. The molecule has 39 heavy (non-hydrogen) atoms. The van der Waals surface area contributed by atoms with Crippen LogP contribution in [0.2, 0.25) is 0 Å². The van der Waals surface area contributed by atoms with Crippen molar-refractivity contribution in [2.24, 2.45) is 0 Å². The summed E-state index contributed by atoms with van der Waals surface area (Å²) in [5, 5.41) is 7.85. The molecule has 208 valence electrons. The number of benzene rings is 3. The first-order valence-corrected chi connectivity index (χ1v) is 13.4. The molecule has 0 fully saturated rings. The Morgan fingerprint density at radius 1 is 0.795 bits per heavy atom. The van der Waals surface area contributed by atoms with Crippen LogP contribution >= 0.6 is 0 Å². The molecule has 0 aromatic heterocycles. The van der Waals surface area contributed by atoms with Gasteiger partial charge in [-0.2, -0.15) is 0 Å². The molecule has 0 unspecified atom stereocenters. The number of hydrogen-bond acceptors (Lipinski definition) is 5. The highest BCUT2D eigenvalue weighted by Gasteiger charge is 2.40. The quantitative estimate of drug-likeness (QED) is 0.179. The van der Waals surface area contributed by atoms with Crippen molar-refractivity contribution in [1.29, 1.82) is 0 Å². The molecule has 7 heteroatoms. The molecule has 0 saturated carbocycles. The average molecular weight is 532 g/mol. The summed E-state index contributed by atoms with van der Waals surface area (Å²) in [6.45, 7) is 5.95. The van der Waals surface area contributed by atoms with Gasteiger partial charge in [-0.25, -0.2) is 9.86 Å². The molecule has 3 aromatic carbocycles. The molecule has 0 spiro atoms. The van der Waals surface area contributed by atoms with E-state index in [4.69, 9.17) is 9.57 Å². The van der Waals surface area contributed by atoms with E-state index in [-0.39, 0.29) is 5.91 Å². The third-order valence-corrected chi connectivity index (χ3v) is 6.48. The molecule has 0 radical (unpaired) electrons. The number of hydroxylamine groups is 2. The van der Waals surface area contributed by atoms with Crippen LogP contribution in [0.3, 0.4) is 0 Å². The zero-order valence-electron chi connectivity index (χ0n) is 23.6. The monoisotopic (exact) mass is 531 g/mol. The lowest BCUT2D eigenvalue weighted by Crippen LogP contribution is -2.55. The molecule has 2 amide bonds. The second kappa shape index (κ2) is 13.9. The number of unbranched alkanes of at least 4 members (excludes halogenated alkanes) is 1. The van der Waals surface area contributed by atoms with Crippen LogP contribution in [0.5, 0.6) is 0 Å². The fourth-order valence-corrected chi connectivity index (χ4v) is 4.62. The molecule has 2 N–H and O–H groups in total. The summed E-state index contributed by atoms with van der Waals surface area (Å²) >= 11 is 0. The Labute approximate surface area is 232 Å². The van der Waals surface area contributed by atoms with E-state index < -0.39 is 23.3 Å². The van der Waals surface area contributed by atoms with Gasteiger partial charge in [0.25, 0.3) is 5.91 Å². The van der Waals surface area contributed by atoms with E-state index in [1.165, 1.54) is 12.2 Å². The summed E-state index contributed by atoms with van der Waals surface area (Å²) in [6.07, 6.45) is 1.49. The Morgan fingerprint density at radius 3 is 1.67 bits per heavy atom. The van der Waals surface area contributed by atoms with Crippen LogP contribution in [-0.4, -0.2) is 49.4 Å². The van der Waals surface area contributed by atoms with Crippen LogP contribution in [0.1, 0.15) is 56.7 Å². The maximum atomic E-state index is 13.6. The Kier molecular flexibility index (Phi) is 10.7. The van der Waals surface area contributed by atoms with Gasteiger partial charge in [-0.15, -0.1) is 0 Å². The maximum Gasteiger partial charge on any atom is 0.407 e. The minimum atomic E-state index is -0.798. The first-order valence-electron chi connectivity index (χ1n) is 13.4. The van der Waals surface area contributed by atoms with E-state index in [1.807, 2.05) is 75.4 Å². The van der Waals surface area contributed by atoms with Crippen molar-refractivity contribution in [1.82, 2.24) is 15.7 Å². The molecule has 0 heterocycles. The summed E-state index contributed by atoms with van der Waals surface area (Å²) in [6, 6.07) is 30.0. The number of nitrogens with zero attached hydrogens (tertiary/aromatic N) is 1. The Morgan fingerprint density at radius 2 is 1.26 bits per heavy atom. The minimum Gasteiger partial charge on any atom is -0.444 e. The first-order chi connectivity index (χ1) is 18.7. The van der Waals surface area contributed by atoms with Gasteiger partial charge in [-0.05, 0) is 56.7 Å². The Balaban J connectivity index is 1.93. The maximum absolute atomic E-state index is 13.6. The fourth-order valence-electron chi connectivity index (χ4n) is 4.62. The average Bonchev–Trinajstić information content (AvgIpc) is 2.94. The highest BCUT2D eigenvalue weighted by Crippen LogP contribution is 2.37. The molecule has 1 atom stereocenters. The number of likely N-dealkylation sites (N-methyl/N-ethyl adjacent to an activating group) is 1. The van der Waals surface area contributed by atoms with Crippen molar-refractivity contribution < 1.29 is 19.2 Å². The van der Waals surface area contributed by atoms with E-state index in [0.29, 0.717) is 25.8 Å². The summed E-state index contributed by atoms with van der Waals surface area (Å²) in [4.78, 5) is 31.0. The number of carbonyl (C=O) groups is 2. The Hall–Kier alpha value is -3.68. The number of carbonyl (C=O) groups excluding carboxylic acids is 2. The van der Waals surface area contributed by atoms with E-state index >= 15 is 0 Å². The molecule has 7 nitrogen and oxygen atoms in total. The predicted molar refractivity (Wildman–Crippen MR) is 154 cm³/mol. The lowest BCUT2D eigenvalue weighted by atomic mass is 9.76. The van der Waals surface area contributed by atoms with Crippen molar-refractivity contribution in [3.05, 3.63) is 108 Å².